The monoisotopic (exact) mass is 528 g/mol. The first-order valence-corrected chi connectivity index (χ1v) is 12.6. The number of nitrogens with zero attached hydrogens (tertiary/aromatic N) is 5. The summed E-state index contributed by atoms with van der Waals surface area (Å²) in [5, 5.41) is 6.52. The lowest BCUT2D eigenvalue weighted by Gasteiger charge is -2.18. The van der Waals surface area contributed by atoms with Crippen LogP contribution in [0.5, 0.6) is 5.75 Å². The molecule has 0 spiro atoms. The lowest BCUT2D eigenvalue weighted by molar-refractivity contribution is 0.0365. The van der Waals surface area contributed by atoms with Gasteiger partial charge in [-0.25, -0.2) is 20.4 Å². The summed E-state index contributed by atoms with van der Waals surface area (Å²) >= 11 is 0. The van der Waals surface area contributed by atoms with Gasteiger partial charge in [0.25, 0.3) is 5.91 Å². The van der Waals surface area contributed by atoms with E-state index in [1.54, 1.807) is 32.5 Å². The van der Waals surface area contributed by atoms with Crippen molar-refractivity contribution in [3.05, 3.63) is 71.7 Å². The number of hydrogen-bond donors (Lipinski definition) is 3. The van der Waals surface area contributed by atoms with Gasteiger partial charge in [-0.2, -0.15) is 0 Å². The highest BCUT2D eigenvalue weighted by Crippen LogP contribution is 2.38. The Morgan fingerprint density at radius 2 is 1.77 bits per heavy atom. The van der Waals surface area contributed by atoms with E-state index in [9.17, 15) is 4.79 Å². The molecule has 0 atom stereocenters. The van der Waals surface area contributed by atoms with Crippen molar-refractivity contribution < 1.29 is 14.4 Å². The number of aromatic nitrogens is 5. The quantitative estimate of drug-likeness (QED) is 0.234. The van der Waals surface area contributed by atoms with Crippen LogP contribution >= 0.6 is 0 Å². The van der Waals surface area contributed by atoms with Crippen molar-refractivity contribution in [2.75, 3.05) is 24.4 Å². The number of hydroxylamine groups is 1. The fraction of sp³-hybridized carbons (Fsp3) is 0.286. The Morgan fingerprint density at radius 1 is 0.949 bits per heavy atom. The molecule has 4 aromatic rings. The third kappa shape index (κ3) is 6.63. The maximum atomic E-state index is 12.9. The van der Waals surface area contributed by atoms with Crippen LogP contribution in [0.15, 0.2) is 48.9 Å². The van der Waals surface area contributed by atoms with E-state index in [1.165, 1.54) is 6.20 Å². The molecule has 0 aliphatic carbocycles. The van der Waals surface area contributed by atoms with Crippen LogP contribution in [0.1, 0.15) is 54.3 Å². The highest BCUT2D eigenvalue weighted by atomic mass is 16.6. The lowest BCUT2D eigenvalue weighted by atomic mass is 10.1. The standard InChI is InChI=1S/C28H32N8O3/c1-7-39-36-28(37)20-13-31-25(35-26-11-17(4)32-18(5)33-26)12-22(20)34-21-10-8-9-19(27(21)38-6)24-15-29-23(14-30-24)16(2)3/h8-16H,7H2,1-6H3,(H,36,37)(H2,31,32,33,34,35). The van der Waals surface area contributed by atoms with Gasteiger partial charge in [0.1, 0.15) is 17.5 Å². The zero-order valence-corrected chi connectivity index (χ0v) is 22.9. The van der Waals surface area contributed by atoms with Gasteiger partial charge in [-0.3, -0.25) is 19.6 Å². The number of methoxy groups -OCH3 is 1. The summed E-state index contributed by atoms with van der Waals surface area (Å²) in [5.41, 5.74) is 6.96. The summed E-state index contributed by atoms with van der Waals surface area (Å²) in [6.45, 7) is 9.95. The normalized spacial score (nSPS) is 10.8. The van der Waals surface area contributed by atoms with Crippen molar-refractivity contribution in [1.29, 1.82) is 0 Å². The van der Waals surface area contributed by atoms with Gasteiger partial charge < -0.3 is 15.4 Å². The van der Waals surface area contributed by atoms with E-state index < -0.39 is 5.91 Å². The summed E-state index contributed by atoms with van der Waals surface area (Å²) in [5.74, 6) is 2.08. The van der Waals surface area contributed by atoms with Gasteiger partial charge >= 0.3 is 0 Å². The third-order valence-electron chi connectivity index (χ3n) is 5.71. The van der Waals surface area contributed by atoms with E-state index in [2.05, 4.69) is 54.9 Å². The second-order valence-corrected chi connectivity index (χ2v) is 9.04. The van der Waals surface area contributed by atoms with Crippen molar-refractivity contribution in [1.82, 2.24) is 30.4 Å². The van der Waals surface area contributed by atoms with Crippen LogP contribution in [-0.4, -0.2) is 44.5 Å². The average molecular weight is 529 g/mol. The van der Waals surface area contributed by atoms with E-state index in [0.29, 0.717) is 46.9 Å². The number of nitrogens with one attached hydrogen (secondary N) is 3. The molecule has 1 aromatic carbocycles. The number of para-hydroxylation sites is 1. The fourth-order valence-electron chi connectivity index (χ4n) is 3.89. The molecule has 0 saturated heterocycles. The van der Waals surface area contributed by atoms with E-state index in [0.717, 1.165) is 17.0 Å². The van der Waals surface area contributed by atoms with Crippen LogP contribution in [0.3, 0.4) is 0 Å². The minimum absolute atomic E-state index is 0.271. The maximum Gasteiger partial charge on any atom is 0.278 e. The Morgan fingerprint density at radius 3 is 2.44 bits per heavy atom. The molecule has 0 aliphatic rings. The minimum atomic E-state index is -0.447. The number of benzene rings is 1. The van der Waals surface area contributed by atoms with Gasteiger partial charge in [0.05, 0.1) is 48.2 Å². The molecule has 3 N–H and O–H groups in total. The van der Waals surface area contributed by atoms with Crippen molar-refractivity contribution in [3.8, 4) is 17.0 Å². The van der Waals surface area contributed by atoms with E-state index >= 15 is 0 Å². The molecular weight excluding hydrogens is 496 g/mol. The first kappa shape index (κ1) is 27.4. The molecule has 4 rings (SSSR count). The number of anilines is 4. The highest BCUT2D eigenvalue weighted by Gasteiger charge is 2.18. The summed E-state index contributed by atoms with van der Waals surface area (Å²) in [6.07, 6.45) is 4.97. The molecule has 0 fully saturated rings. The predicted octanol–water partition coefficient (Wildman–Crippen LogP) is 5.25. The molecule has 0 radical (unpaired) electrons. The van der Waals surface area contributed by atoms with Crippen molar-refractivity contribution >= 4 is 28.9 Å². The first-order chi connectivity index (χ1) is 18.8. The van der Waals surface area contributed by atoms with Gasteiger partial charge in [0, 0.05) is 35.8 Å². The summed E-state index contributed by atoms with van der Waals surface area (Å²) in [7, 11) is 1.59. The topological polar surface area (TPSA) is 136 Å². The molecule has 1 amide bonds. The van der Waals surface area contributed by atoms with Gasteiger partial charge in [-0.15, -0.1) is 0 Å². The van der Waals surface area contributed by atoms with E-state index in [4.69, 9.17) is 9.57 Å². The van der Waals surface area contributed by atoms with Crippen LogP contribution in [0.2, 0.25) is 0 Å². The summed E-state index contributed by atoms with van der Waals surface area (Å²) in [6, 6.07) is 9.18. The number of amides is 1. The number of carbonyl (C=O) groups is 1. The zero-order valence-electron chi connectivity index (χ0n) is 22.9. The Kier molecular flexibility index (Phi) is 8.62. The number of ether oxygens (including phenoxy) is 1. The molecular formula is C28H32N8O3. The number of pyridine rings is 1. The summed E-state index contributed by atoms with van der Waals surface area (Å²) in [4.78, 5) is 40.3. The SMILES string of the molecule is CCONC(=O)c1cnc(Nc2cc(C)nc(C)n2)cc1Nc1cccc(-c2cnc(C(C)C)cn2)c1OC. The number of hydrogen-bond acceptors (Lipinski definition) is 10. The smallest absolute Gasteiger partial charge is 0.278 e. The predicted molar refractivity (Wildman–Crippen MR) is 150 cm³/mol. The molecule has 11 nitrogen and oxygen atoms in total. The average Bonchev–Trinajstić information content (AvgIpc) is 2.91. The second-order valence-electron chi connectivity index (χ2n) is 9.04. The molecule has 3 aromatic heterocycles. The van der Waals surface area contributed by atoms with Gasteiger partial charge in [0.2, 0.25) is 0 Å². The molecule has 0 unspecified atom stereocenters. The minimum Gasteiger partial charge on any atom is -0.494 e. The molecule has 11 heteroatoms. The lowest BCUT2D eigenvalue weighted by Crippen LogP contribution is -2.24. The molecule has 3 heterocycles. The third-order valence-corrected chi connectivity index (χ3v) is 5.71. The number of carbonyl (C=O) groups excluding carboxylic acids is 1. The van der Waals surface area contributed by atoms with Crippen LogP contribution in [-0.2, 0) is 4.84 Å². The van der Waals surface area contributed by atoms with Gasteiger partial charge in [-0.05, 0) is 38.8 Å². The Bertz CT molecular complexity index is 1440. The molecule has 0 aliphatic heterocycles. The van der Waals surface area contributed by atoms with E-state index in [1.807, 2.05) is 38.1 Å². The zero-order chi connectivity index (χ0) is 27.9. The molecule has 0 saturated carbocycles. The second kappa shape index (κ2) is 12.3. The maximum absolute atomic E-state index is 12.9. The van der Waals surface area contributed by atoms with Crippen molar-refractivity contribution in [2.45, 2.75) is 40.5 Å². The highest BCUT2D eigenvalue weighted by molar-refractivity contribution is 6.00. The molecule has 39 heavy (non-hydrogen) atoms. The van der Waals surface area contributed by atoms with Crippen LogP contribution in [0.25, 0.3) is 11.3 Å². The van der Waals surface area contributed by atoms with Crippen LogP contribution < -0.4 is 20.9 Å². The largest absolute Gasteiger partial charge is 0.494 e. The molecule has 202 valence electrons. The van der Waals surface area contributed by atoms with Gasteiger partial charge in [0.15, 0.2) is 5.75 Å². The van der Waals surface area contributed by atoms with E-state index in [-0.39, 0.29) is 11.5 Å². The summed E-state index contributed by atoms with van der Waals surface area (Å²) < 4.78 is 5.79. The van der Waals surface area contributed by atoms with Crippen molar-refractivity contribution in [2.24, 2.45) is 0 Å². The number of aryl methyl sites for hydroxylation is 2. The van der Waals surface area contributed by atoms with Crippen LogP contribution in [0, 0.1) is 13.8 Å². The Balaban J connectivity index is 1.73. The number of rotatable bonds is 10. The van der Waals surface area contributed by atoms with Crippen LogP contribution in [0.4, 0.5) is 23.0 Å². The first-order valence-electron chi connectivity index (χ1n) is 12.6. The Labute approximate surface area is 227 Å². The van der Waals surface area contributed by atoms with Crippen molar-refractivity contribution in [3.63, 3.8) is 0 Å². The fourth-order valence-corrected chi connectivity index (χ4v) is 3.89. The Hall–Kier alpha value is -4.64. The van der Waals surface area contributed by atoms with Gasteiger partial charge in [-0.1, -0.05) is 19.9 Å². The molecule has 0 bridgehead atoms.